The van der Waals surface area contributed by atoms with E-state index in [1.54, 1.807) is 29.2 Å². The van der Waals surface area contributed by atoms with Gasteiger partial charge in [0, 0.05) is 19.2 Å². The maximum atomic E-state index is 12.4. The van der Waals surface area contributed by atoms with Crippen LogP contribution >= 0.6 is 0 Å². The van der Waals surface area contributed by atoms with Crippen molar-refractivity contribution in [2.45, 2.75) is 19.5 Å². The third-order valence-electron chi connectivity index (χ3n) is 4.65. The fourth-order valence-corrected chi connectivity index (χ4v) is 3.14. The Bertz CT molecular complexity index is 960. The number of para-hydroxylation sites is 2. The van der Waals surface area contributed by atoms with Gasteiger partial charge in [0.25, 0.3) is 0 Å². The van der Waals surface area contributed by atoms with Crippen LogP contribution in [-0.2, 0) is 4.79 Å². The minimum Gasteiger partial charge on any atom is -0.493 e. The molecule has 1 aliphatic heterocycles. The highest BCUT2D eigenvalue weighted by atomic mass is 19.3. The van der Waals surface area contributed by atoms with Gasteiger partial charge in [0.15, 0.2) is 11.5 Å². The largest absolute Gasteiger partial charge is 0.493 e. The van der Waals surface area contributed by atoms with Crippen molar-refractivity contribution in [3.05, 3.63) is 54.1 Å². The first-order chi connectivity index (χ1) is 15.0. The van der Waals surface area contributed by atoms with E-state index in [1.807, 2.05) is 0 Å². The molecule has 1 aliphatic rings. The molecule has 1 fully saturated rings. The van der Waals surface area contributed by atoms with Crippen molar-refractivity contribution in [3.63, 3.8) is 0 Å². The number of anilines is 2. The number of nitrogens with zero attached hydrogens (tertiary/aromatic N) is 1. The lowest BCUT2D eigenvalue weighted by Gasteiger charge is -2.18. The van der Waals surface area contributed by atoms with Crippen LogP contribution in [0.1, 0.15) is 18.4 Å². The van der Waals surface area contributed by atoms with Crippen molar-refractivity contribution in [2.24, 2.45) is 0 Å². The highest BCUT2D eigenvalue weighted by Gasteiger charge is 2.18. The summed E-state index contributed by atoms with van der Waals surface area (Å²) >= 11 is 0. The zero-order chi connectivity index (χ0) is 22.2. The molecule has 7 nitrogen and oxygen atoms in total. The molecular formula is C22H23F2N3O4. The maximum Gasteiger partial charge on any atom is 0.387 e. The van der Waals surface area contributed by atoms with Crippen molar-refractivity contribution in [1.82, 2.24) is 4.90 Å². The van der Waals surface area contributed by atoms with Gasteiger partial charge < -0.3 is 25.0 Å². The van der Waals surface area contributed by atoms with Crippen LogP contribution in [0.2, 0.25) is 0 Å². The fraction of sp³-hybridized carbons (Fsp3) is 0.273. The molecule has 0 bridgehead atoms. The first kappa shape index (κ1) is 22.1. The number of nitrogens with one attached hydrogen (secondary N) is 2. The third-order valence-corrected chi connectivity index (χ3v) is 4.65. The second-order valence-corrected chi connectivity index (χ2v) is 6.78. The highest BCUT2D eigenvalue weighted by molar-refractivity contribution is 6.05. The van der Waals surface area contributed by atoms with Crippen LogP contribution in [0.25, 0.3) is 6.08 Å². The van der Waals surface area contributed by atoms with Gasteiger partial charge in [0.2, 0.25) is 5.91 Å². The number of ether oxygens (including phenoxy) is 2. The van der Waals surface area contributed by atoms with Crippen LogP contribution < -0.4 is 20.1 Å². The SMILES string of the molecule is COc1cc(C=CC(=O)Nc2ccccc2NC(=O)N2CCCC2)ccc1OC(F)F. The van der Waals surface area contributed by atoms with Gasteiger partial charge in [-0.2, -0.15) is 8.78 Å². The zero-order valence-electron chi connectivity index (χ0n) is 16.9. The van der Waals surface area contributed by atoms with Crippen molar-refractivity contribution in [2.75, 3.05) is 30.8 Å². The molecule has 2 aromatic carbocycles. The standard InChI is InChI=1S/C22H23F2N3O4/c1-30-19-14-15(8-10-18(19)31-21(23)24)9-11-20(28)25-16-6-2-3-7-17(16)26-22(29)27-12-4-5-13-27/h2-3,6-11,14,21H,4-5,12-13H2,1H3,(H,25,28)(H,26,29). The van der Waals surface area contributed by atoms with Gasteiger partial charge in [-0.25, -0.2) is 4.79 Å². The molecular weight excluding hydrogens is 408 g/mol. The molecule has 3 rings (SSSR count). The molecule has 0 aromatic heterocycles. The summed E-state index contributed by atoms with van der Waals surface area (Å²) in [5.74, 6) is -0.394. The molecule has 31 heavy (non-hydrogen) atoms. The van der Waals surface area contributed by atoms with E-state index in [0.29, 0.717) is 30.0 Å². The normalized spacial score (nSPS) is 13.5. The average Bonchev–Trinajstić information content (AvgIpc) is 3.29. The van der Waals surface area contributed by atoms with E-state index in [0.717, 1.165) is 12.8 Å². The molecule has 164 valence electrons. The summed E-state index contributed by atoms with van der Waals surface area (Å²) in [4.78, 5) is 26.4. The van der Waals surface area contributed by atoms with Crippen LogP contribution in [0.4, 0.5) is 25.0 Å². The second kappa shape index (κ2) is 10.4. The number of hydrogen-bond donors (Lipinski definition) is 2. The van der Waals surface area contributed by atoms with E-state index in [2.05, 4.69) is 15.4 Å². The molecule has 1 saturated heterocycles. The Balaban J connectivity index is 1.65. The van der Waals surface area contributed by atoms with Crippen LogP contribution in [0.5, 0.6) is 11.5 Å². The smallest absolute Gasteiger partial charge is 0.387 e. The van der Waals surface area contributed by atoms with Crippen LogP contribution in [-0.4, -0.2) is 43.6 Å². The number of amides is 3. The zero-order valence-corrected chi connectivity index (χ0v) is 16.9. The summed E-state index contributed by atoms with van der Waals surface area (Å²) in [5, 5.41) is 5.55. The quantitative estimate of drug-likeness (QED) is 0.629. The number of carbonyl (C=O) groups is 2. The third kappa shape index (κ3) is 6.18. The van der Waals surface area contributed by atoms with Gasteiger partial charge in [-0.15, -0.1) is 0 Å². The van der Waals surface area contributed by atoms with E-state index >= 15 is 0 Å². The fourth-order valence-electron chi connectivity index (χ4n) is 3.14. The Labute approximate surface area is 178 Å². The summed E-state index contributed by atoms with van der Waals surface area (Å²) in [7, 11) is 1.33. The van der Waals surface area contributed by atoms with Gasteiger partial charge in [0.05, 0.1) is 18.5 Å². The van der Waals surface area contributed by atoms with E-state index < -0.39 is 12.5 Å². The Hall–Kier alpha value is -3.62. The predicted molar refractivity (Wildman–Crippen MR) is 114 cm³/mol. The van der Waals surface area contributed by atoms with Gasteiger partial charge >= 0.3 is 12.6 Å². The number of methoxy groups -OCH3 is 1. The first-order valence-corrected chi connectivity index (χ1v) is 9.73. The minimum absolute atomic E-state index is 0.0956. The molecule has 0 saturated carbocycles. The van der Waals surface area contributed by atoms with Crippen molar-refractivity contribution >= 4 is 29.4 Å². The minimum atomic E-state index is -2.97. The highest BCUT2D eigenvalue weighted by Crippen LogP contribution is 2.30. The lowest BCUT2D eigenvalue weighted by atomic mass is 10.2. The van der Waals surface area contributed by atoms with E-state index in [9.17, 15) is 18.4 Å². The molecule has 0 spiro atoms. The molecule has 0 unspecified atom stereocenters. The van der Waals surface area contributed by atoms with Crippen LogP contribution in [0, 0.1) is 0 Å². The monoisotopic (exact) mass is 431 g/mol. The summed E-state index contributed by atoms with van der Waals surface area (Å²) < 4.78 is 34.3. The number of urea groups is 1. The summed E-state index contributed by atoms with van der Waals surface area (Å²) in [6, 6.07) is 11.0. The van der Waals surface area contributed by atoms with E-state index in [4.69, 9.17) is 4.74 Å². The lowest BCUT2D eigenvalue weighted by molar-refractivity contribution is -0.111. The number of rotatable bonds is 7. The number of alkyl halides is 2. The molecule has 0 atom stereocenters. The Morgan fingerprint density at radius 2 is 1.71 bits per heavy atom. The summed E-state index contributed by atoms with van der Waals surface area (Å²) in [6.07, 6.45) is 4.77. The Morgan fingerprint density at radius 1 is 1.03 bits per heavy atom. The Kier molecular flexibility index (Phi) is 7.42. The molecule has 1 heterocycles. The van der Waals surface area contributed by atoms with Crippen LogP contribution in [0.15, 0.2) is 48.5 Å². The van der Waals surface area contributed by atoms with E-state index in [-0.39, 0.29) is 17.5 Å². The summed E-state index contributed by atoms with van der Waals surface area (Å²) in [5.41, 5.74) is 1.52. The van der Waals surface area contributed by atoms with Gasteiger partial charge in [0.1, 0.15) is 0 Å². The molecule has 0 aliphatic carbocycles. The van der Waals surface area contributed by atoms with E-state index in [1.165, 1.54) is 37.5 Å². The number of likely N-dealkylation sites (tertiary alicyclic amines) is 1. The summed E-state index contributed by atoms with van der Waals surface area (Å²) in [6.45, 7) is -1.53. The number of carbonyl (C=O) groups excluding carboxylic acids is 2. The van der Waals surface area contributed by atoms with Gasteiger partial charge in [-0.05, 0) is 48.7 Å². The number of hydrogen-bond acceptors (Lipinski definition) is 4. The second-order valence-electron chi connectivity index (χ2n) is 6.78. The van der Waals surface area contributed by atoms with Crippen molar-refractivity contribution in [1.29, 1.82) is 0 Å². The van der Waals surface area contributed by atoms with Gasteiger partial charge in [-0.3, -0.25) is 4.79 Å². The molecule has 0 radical (unpaired) electrons. The average molecular weight is 431 g/mol. The molecule has 2 N–H and O–H groups in total. The molecule has 2 aromatic rings. The number of benzene rings is 2. The molecule has 9 heteroatoms. The molecule has 3 amide bonds. The van der Waals surface area contributed by atoms with Crippen LogP contribution in [0.3, 0.4) is 0 Å². The number of halogens is 2. The van der Waals surface area contributed by atoms with Gasteiger partial charge in [-0.1, -0.05) is 18.2 Å². The maximum absolute atomic E-state index is 12.4. The topological polar surface area (TPSA) is 79.9 Å². The lowest BCUT2D eigenvalue weighted by Crippen LogP contribution is -2.32. The van der Waals surface area contributed by atoms with Crippen molar-refractivity contribution < 1.29 is 27.8 Å². The van der Waals surface area contributed by atoms with Crippen molar-refractivity contribution in [3.8, 4) is 11.5 Å². The Morgan fingerprint density at radius 3 is 2.35 bits per heavy atom. The predicted octanol–water partition coefficient (Wildman–Crippen LogP) is 4.58. The first-order valence-electron chi connectivity index (χ1n) is 9.73.